The molecule has 5 atom stereocenters. The van der Waals surface area contributed by atoms with Crippen molar-refractivity contribution in [2.45, 2.75) is 89.2 Å². The number of nitrogens with one attached hydrogen (secondary N) is 1. The van der Waals surface area contributed by atoms with Gasteiger partial charge in [-0.2, -0.15) is 0 Å². The van der Waals surface area contributed by atoms with Crippen molar-refractivity contribution in [3.05, 3.63) is 41.5 Å². The summed E-state index contributed by atoms with van der Waals surface area (Å²) in [6, 6.07) is 5.07. The number of hydrogen-bond acceptors (Lipinski definition) is 11. The molecule has 0 radical (unpaired) electrons. The molecular formula is C29H38N2O12. The second-order valence-electron chi connectivity index (χ2n) is 10.4. The normalized spacial score (nSPS) is 23.3. The summed E-state index contributed by atoms with van der Waals surface area (Å²) in [5, 5.41) is 42.5. The summed E-state index contributed by atoms with van der Waals surface area (Å²) in [5.74, 6) is -2.65. The smallest absolute Gasteiger partial charge is 0.335 e. The lowest BCUT2D eigenvalue weighted by atomic mass is 9.99. The first-order valence-corrected chi connectivity index (χ1v) is 14.1. The van der Waals surface area contributed by atoms with Gasteiger partial charge in [-0.25, -0.2) is 4.79 Å². The fraction of sp³-hybridized carbons (Fsp3) is 0.552. The number of imide groups is 1. The van der Waals surface area contributed by atoms with Gasteiger partial charge in [0.25, 0.3) is 11.8 Å². The van der Waals surface area contributed by atoms with Gasteiger partial charge in [0, 0.05) is 44.1 Å². The molecule has 5 N–H and O–H groups in total. The van der Waals surface area contributed by atoms with Gasteiger partial charge in [-0.05, 0) is 43.7 Å². The van der Waals surface area contributed by atoms with Crippen LogP contribution < -0.4 is 10.1 Å². The van der Waals surface area contributed by atoms with Crippen LogP contribution in [-0.4, -0.2) is 98.8 Å². The molecule has 0 saturated carbocycles. The molecule has 0 spiro atoms. The minimum absolute atomic E-state index is 0.0847. The average molecular weight is 607 g/mol. The monoisotopic (exact) mass is 606 g/mol. The number of rotatable bonds is 16. The number of aliphatic hydroxyl groups is 3. The number of unbranched alkanes of at least 4 members (excludes halogenated alkanes) is 3. The van der Waals surface area contributed by atoms with Gasteiger partial charge in [0.15, 0.2) is 6.10 Å². The summed E-state index contributed by atoms with van der Waals surface area (Å²) in [5.41, 5.74) is 1.21. The second-order valence-corrected chi connectivity index (χ2v) is 10.4. The maximum Gasteiger partial charge on any atom is 0.335 e. The molecule has 1 fully saturated rings. The molecule has 2 aliphatic rings. The highest BCUT2D eigenvalue weighted by molar-refractivity contribution is 6.12. The third-order valence-corrected chi connectivity index (χ3v) is 7.02. The Kier molecular flexibility index (Phi) is 12.6. The van der Waals surface area contributed by atoms with Crippen LogP contribution in [0.4, 0.5) is 0 Å². The number of aliphatic hydroxyl groups excluding tert-OH is 3. The number of aryl methyl sites for hydroxylation is 1. The topological polar surface area (TPSA) is 209 Å². The van der Waals surface area contributed by atoms with E-state index in [2.05, 4.69) is 5.32 Å². The van der Waals surface area contributed by atoms with Crippen LogP contribution in [-0.2, 0) is 46.5 Å². The van der Waals surface area contributed by atoms with E-state index in [9.17, 15) is 44.4 Å². The van der Waals surface area contributed by atoms with Crippen LogP contribution in [0.15, 0.2) is 30.4 Å². The maximum absolute atomic E-state index is 12.1. The van der Waals surface area contributed by atoms with Crippen LogP contribution in [0.3, 0.4) is 0 Å². The Morgan fingerprint density at radius 3 is 2.35 bits per heavy atom. The van der Waals surface area contributed by atoms with E-state index in [1.165, 1.54) is 24.0 Å². The fourth-order valence-corrected chi connectivity index (χ4v) is 4.59. The summed E-state index contributed by atoms with van der Waals surface area (Å²) in [4.78, 5) is 59.1. The van der Waals surface area contributed by atoms with Crippen LogP contribution in [0.1, 0.15) is 56.6 Å². The summed E-state index contributed by atoms with van der Waals surface area (Å²) in [7, 11) is 0. The molecule has 14 nitrogen and oxygen atoms in total. The molecule has 0 aliphatic carbocycles. The molecule has 1 saturated heterocycles. The van der Waals surface area contributed by atoms with Gasteiger partial charge < -0.3 is 40.0 Å². The zero-order valence-electron chi connectivity index (χ0n) is 23.8. The van der Waals surface area contributed by atoms with Gasteiger partial charge in [-0.3, -0.25) is 24.1 Å². The first-order valence-electron chi connectivity index (χ1n) is 14.1. The first kappa shape index (κ1) is 33.6. The molecule has 0 bridgehead atoms. The standard InChI is InChI=1S/C29H38N2O12/c1-17(32)41-16-19-10-9-18(15-20(19)42-29-26(38)24(36)25(37)27(43-29)28(39)40)7-4-5-13-30-21(33)8-3-2-6-14-31-22(34)11-12-23(31)35/h9-12,15,24-27,29,36-38H,2-8,13-14,16H2,1H3,(H,30,33)(H,39,40)/t24-,25-,26+,27-,29+/m1/s1. The number of amides is 3. The third-order valence-electron chi connectivity index (χ3n) is 7.02. The van der Waals surface area contributed by atoms with Gasteiger partial charge in [-0.15, -0.1) is 0 Å². The highest BCUT2D eigenvalue weighted by Crippen LogP contribution is 2.29. The largest absolute Gasteiger partial charge is 0.479 e. The summed E-state index contributed by atoms with van der Waals surface area (Å²) >= 11 is 0. The molecule has 43 heavy (non-hydrogen) atoms. The van der Waals surface area contributed by atoms with Crippen LogP contribution >= 0.6 is 0 Å². The van der Waals surface area contributed by atoms with Gasteiger partial charge >= 0.3 is 11.9 Å². The predicted molar refractivity (Wildman–Crippen MR) is 147 cm³/mol. The van der Waals surface area contributed by atoms with E-state index in [1.54, 1.807) is 18.2 Å². The van der Waals surface area contributed by atoms with Crippen LogP contribution in [0.5, 0.6) is 5.75 Å². The molecule has 1 aromatic rings. The van der Waals surface area contributed by atoms with Crippen molar-refractivity contribution in [3.8, 4) is 5.75 Å². The number of ether oxygens (including phenoxy) is 3. The van der Waals surface area contributed by atoms with Crippen molar-refractivity contribution < 1.29 is 58.6 Å². The van der Waals surface area contributed by atoms with Gasteiger partial charge in [0.1, 0.15) is 30.7 Å². The van der Waals surface area contributed by atoms with Gasteiger partial charge in [-0.1, -0.05) is 18.6 Å². The molecule has 0 aromatic heterocycles. The third kappa shape index (κ3) is 9.85. The number of esters is 1. The lowest BCUT2D eigenvalue weighted by Crippen LogP contribution is -2.61. The van der Waals surface area contributed by atoms with E-state index in [0.717, 1.165) is 5.56 Å². The van der Waals surface area contributed by atoms with Gasteiger partial charge in [0.2, 0.25) is 12.2 Å². The number of carboxylic acids is 1. The van der Waals surface area contributed by atoms with Crippen LogP contribution in [0, 0.1) is 0 Å². The van der Waals surface area contributed by atoms with E-state index in [-0.39, 0.29) is 30.1 Å². The Bertz CT molecular complexity index is 1180. The van der Waals surface area contributed by atoms with Crippen LogP contribution in [0.2, 0.25) is 0 Å². The van der Waals surface area contributed by atoms with Crippen molar-refractivity contribution in [2.75, 3.05) is 13.1 Å². The molecule has 3 amide bonds. The lowest BCUT2D eigenvalue weighted by molar-refractivity contribution is -0.271. The Hall–Kier alpha value is -3.85. The molecule has 236 valence electrons. The zero-order valence-corrected chi connectivity index (χ0v) is 23.8. The Balaban J connectivity index is 1.45. The minimum Gasteiger partial charge on any atom is -0.479 e. The number of aliphatic carboxylic acids is 1. The quantitative estimate of drug-likeness (QED) is 0.0953. The first-order chi connectivity index (χ1) is 20.5. The Morgan fingerprint density at radius 2 is 1.67 bits per heavy atom. The molecular weight excluding hydrogens is 568 g/mol. The van der Waals surface area contributed by atoms with Crippen molar-refractivity contribution in [2.24, 2.45) is 0 Å². The predicted octanol–water partition coefficient (Wildman–Crippen LogP) is -0.0550. The van der Waals surface area contributed by atoms with E-state index in [4.69, 9.17) is 14.2 Å². The SMILES string of the molecule is CC(=O)OCc1ccc(CCCCNC(=O)CCCCCN2C(=O)C=CC2=O)cc1O[C@H]1O[C@@H](C(=O)O)[C@H](O)[C@@H](O)[C@@H]1O. The summed E-state index contributed by atoms with van der Waals surface area (Å²) in [6.45, 7) is 1.87. The Labute approximate surface area is 248 Å². The summed E-state index contributed by atoms with van der Waals surface area (Å²) in [6.07, 6.45) is -2.13. The molecule has 0 unspecified atom stereocenters. The van der Waals surface area contributed by atoms with E-state index in [1.807, 2.05) is 0 Å². The zero-order chi connectivity index (χ0) is 31.5. The van der Waals surface area contributed by atoms with E-state index >= 15 is 0 Å². The number of carboxylic acid groups (broad SMARTS) is 1. The average Bonchev–Trinajstić information content (AvgIpc) is 3.28. The molecule has 2 heterocycles. The number of carbonyl (C=O) groups is 5. The molecule has 1 aromatic carbocycles. The highest BCUT2D eigenvalue weighted by Gasteiger charge is 2.48. The van der Waals surface area contributed by atoms with E-state index < -0.39 is 42.6 Å². The van der Waals surface area contributed by atoms with Crippen molar-refractivity contribution >= 4 is 29.7 Å². The fourth-order valence-electron chi connectivity index (χ4n) is 4.59. The number of hydrogen-bond donors (Lipinski definition) is 5. The van der Waals surface area contributed by atoms with Crippen molar-refractivity contribution in [1.29, 1.82) is 0 Å². The second kappa shape index (κ2) is 16.1. The molecule has 14 heteroatoms. The maximum atomic E-state index is 12.1. The Morgan fingerprint density at radius 1 is 0.953 bits per heavy atom. The van der Waals surface area contributed by atoms with Crippen molar-refractivity contribution in [3.63, 3.8) is 0 Å². The van der Waals surface area contributed by atoms with Crippen molar-refractivity contribution in [1.82, 2.24) is 10.2 Å². The molecule has 2 aliphatic heterocycles. The van der Waals surface area contributed by atoms with E-state index in [0.29, 0.717) is 63.6 Å². The minimum atomic E-state index is -1.86. The van der Waals surface area contributed by atoms with Crippen LogP contribution in [0.25, 0.3) is 0 Å². The van der Waals surface area contributed by atoms with Gasteiger partial charge in [0.05, 0.1) is 0 Å². The highest BCUT2D eigenvalue weighted by atomic mass is 16.7. The number of nitrogens with zero attached hydrogens (tertiary/aromatic N) is 1. The summed E-state index contributed by atoms with van der Waals surface area (Å²) < 4.78 is 16.0. The number of carbonyl (C=O) groups excluding carboxylic acids is 4. The number of benzene rings is 1. The lowest BCUT2D eigenvalue weighted by Gasteiger charge is -2.38. The molecule has 3 rings (SSSR count).